The fourth-order valence-corrected chi connectivity index (χ4v) is 2.19. The van der Waals surface area contributed by atoms with E-state index in [9.17, 15) is 10.1 Å². The fourth-order valence-electron chi connectivity index (χ4n) is 2.07. The number of carbonyl (C=O) groups excluding carboxylic acids is 1. The molecule has 0 aliphatic heterocycles. The highest BCUT2D eigenvalue weighted by molar-refractivity contribution is 6.30. The molecule has 0 unspecified atom stereocenters. The number of nitrogens with zero attached hydrogens (tertiary/aromatic N) is 1. The van der Waals surface area contributed by atoms with Gasteiger partial charge in [-0.1, -0.05) is 41.9 Å². The van der Waals surface area contributed by atoms with Crippen molar-refractivity contribution in [2.75, 3.05) is 5.32 Å². The Morgan fingerprint density at radius 3 is 2.27 bits per heavy atom. The molecule has 0 saturated carbocycles. The van der Waals surface area contributed by atoms with Gasteiger partial charge < -0.3 is 5.32 Å². The summed E-state index contributed by atoms with van der Waals surface area (Å²) in [6.07, 6.45) is 1.54. The van der Waals surface area contributed by atoms with Crippen LogP contribution in [-0.2, 0) is 4.79 Å². The first-order valence-corrected chi connectivity index (χ1v) is 7.14. The summed E-state index contributed by atoms with van der Waals surface area (Å²) in [5.41, 5.74) is 3.45. The van der Waals surface area contributed by atoms with Gasteiger partial charge in [0.1, 0.15) is 11.6 Å². The van der Waals surface area contributed by atoms with Crippen LogP contribution in [0.1, 0.15) is 16.7 Å². The molecule has 2 rings (SSSR count). The number of carbonyl (C=O) groups is 1. The highest BCUT2D eigenvalue weighted by Gasteiger charge is 2.12. The Balaban J connectivity index is 2.26. The maximum Gasteiger partial charge on any atom is 0.266 e. The molecule has 22 heavy (non-hydrogen) atoms. The van der Waals surface area contributed by atoms with Crippen molar-refractivity contribution in [2.45, 2.75) is 13.8 Å². The smallest absolute Gasteiger partial charge is 0.266 e. The van der Waals surface area contributed by atoms with Gasteiger partial charge in [0.2, 0.25) is 0 Å². The minimum absolute atomic E-state index is 0.0463. The largest absolute Gasteiger partial charge is 0.321 e. The lowest BCUT2D eigenvalue weighted by atomic mass is 10.1. The van der Waals surface area contributed by atoms with Crippen LogP contribution in [0.3, 0.4) is 0 Å². The second-order valence-corrected chi connectivity index (χ2v) is 5.38. The van der Waals surface area contributed by atoms with E-state index in [4.69, 9.17) is 11.6 Å². The summed E-state index contributed by atoms with van der Waals surface area (Å²) in [6.45, 7) is 3.83. The summed E-state index contributed by atoms with van der Waals surface area (Å²) in [6, 6.07) is 14.6. The average Bonchev–Trinajstić information content (AvgIpc) is 2.50. The minimum Gasteiger partial charge on any atom is -0.321 e. The van der Waals surface area contributed by atoms with Gasteiger partial charge in [0, 0.05) is 10.7 Å². The summed E-state index contributed by atoms with van der Waals surface area (Å²) < 4.78 is 0. The van der Waals surface area contributed by atoms with Crippen LogP contribution < -0.4 is 5.32 Å². The molecule has 0 fully saturated rings. The molecule has 0 aliphatic rings. The van der Waals surface area contributed by atoms with Crippen LogP contribution in [0.4, 0.5) is 5.69 Å². The topological polar surface area (TPSA) is 52.9 Å². The zero-order chi connectivity index (χ0) is 16.1. The molecule has 0 aliphatic carbocycles. The average molecular weight is 311 g/mol. The van der Waals surface area contributed by atoms with E-state index >= 15 is 0 Å². The molecule has 1 N–H and O–H groups in total. The van der Waals surface area contributed by atoms with Crippen molar-refractivity contribution in [2.24, 2.45) is 0 Å². The third-order valence-electron chi connectivity index (χ3n) is 3.27. The molecule has 2 aromatic rings. The SMILES string of the molecule is Cc1cccc(C)c1NC(=O)/C(C#N)=C/c1ccc(Cl)cc1. The van der Waals surface area contributed by atoms with Crippen molar-refractivity contribution in [3.63, 3.8) is 0 Å². The zero-order valence-corrected chi connectivity index (χ0v) is 13.1. The maximum atomic E-state index is 12.3. The monoisotopic (exact) mass is 310 g/mol. The maximum absolute atomic E-state index is 12.3. The molecular formula is C18H15ClN2O. The number of rotatable bonds is 3. The summed E-state index contributed by atoms with van der Waals surface area (Å²) in [5, 5.41) is 12.6. The number of benzene rings is 2. The van der Waals surface area contributed by atoms with E-state index in [1.165, 1.54) is 0 Å². The van der Waals surface area contributed by atoms with Crippen molar-refractivity contribution >= 4 is 29.3 Å². The molecule has 4 heteroatoms. The van der Waals surface area contributed by atoms with Crippen molar-refractivity contribution in [1.82, 2.24) is 0 Å². The van der Waals surface area contributed by atoms with E-state index in [1.807, 2.05) is 38.1 Å². The lowest BCUT2D eigenvalue weighted by Crippen LogP contribution is -2.15. The van der Waals surface area contributed by atoms with Crippen LogP contribution in [-0.4, -0.2) is 5.91 Å². The van der Waals surface area contributed by atoms with Gasteiger partial charge in [-0.2, -0.15) is 5.26 Å². The predicted molar refractivity (Wildman–Crippen MR) is 89.6 cm³/mol. The van der Waals surface area contributed by atoms with Gasteiger partial charge in [-0.15, -0.1) is 0 Å². The van der Waals surface area contributed by atoms with Gasteiger partial charge in [-0.25, -0.2) is 0 Å². The molecule has 110 valence electrons. The summed E-state index contributed by atoms with van der Waals surface area (Å²) in [7, 11) is 0. The summed E-state index contributed by atoms with van der Waals surface area (Å²) in [5.74, 6) is -0.421. The molecule has 1 amide bonds. The molecule has 0 saturated heterocycles. The van der Waals surface area contributed by atoms with Gasteiger partial charge in [0.05, 0.1) is 0 Å². The number of anilines is 1. The van der Waals surface area contributed by atoms with Crippen LogP contribution >= 0.6 is 11.6 Å². The normalized spacial score (nSPS) is 10.9. The van der Waals surface area contributed by atoms with Gasteiger partial charge in [0.25, 0.3) is 5.91 Å². The minimum atomic E-state index is -0.421. The Kier molecular flexibility index (Phi) is 4.98. The second kappa shape index (κ2) is 6.93. The fraction of sp³-hybridized carbons (Fsp3) is 0.111. The second-order valence-electron chi connectivity index (χ2n) is 4.94. The first kappa shape index (κ1) is 15.8. The number of hydrogen-bond donors (Lipinski definition) is 1. The highest BCUT2D eigenvalue weighted by atomic mass is 35.5. The van der Waals surface area contributed by atoms with Crippen LogP contribution in [0, 0.1) is 25.2 Å². The molecule has 0 atom stereocenters. The predicted octanol–water partition coefficient (Wildman–Crippen LogP) is 4.50. The molecule has 0 spiro atoms. The Morgan fingerprint density at radius 1 is 1.14 bits per heavy atom. The molecule has 0 radical (unpaired) electrons. The molecule has 0 aromatic heterocycles. The number of amides is 1. The van der Waals surface area contributed by atoms with Crippen LogP contribution in [0.2, 0.25) is 5.02 Å². The Hall–Kier alpha value is -2.57. The lowest BCUT2D eigenvalue weighted by molar-refractivity contribution is -0.112. The quantitative estimate of drug-likeness (QED) is 0.670. The van der Waals surface area contributed by atoms with Crippen LogP contribution in [0.25, 0.3) is 6.08 Å². The lowest BCUT2D eigenvalue weighted by Gasteiger charge is -2.10. The summed E-state index contributed by atoms with van der Waals surface area (Å²) in [4.78, 5) is 12.3. The van der Waals surface area contributed by atoms with E-state index < -0.39 is 5.91 Å². The number of para-hydroxylation sites is 1. The van der Waals surface area contributed by atoms with Crippen molar-refractivity contribution in [1.29, 1.82) is 5.26 Å². The molecule has 3 nitrogen and oxygen atoms in total. The Morgan fingerprint density at radius 2 is 1.73 bits per heavy atom. The molecule has 2 aromatic carbocycles. The number of nitrogens with one attached hydrogen (secondary N) is 1. The Bertz CT molecular complexity index is 750. The summed E-state index contributed by atoms with van der Waals surface area (Å²) >= 11 is 5.82. The Labute approximate surface area is 134 Å². The third kappa shape index (κ3) is 3.75. The third-order valence-corrected chi connectivity index (χ3v) is 3.52. The van der Waals surface area contributed by atoms with E-state index in [0.717, 1.165) is 22.4 Å². The van der Waals surface area contributed by atoms with Gasteiger partial charge in [-0.3, -0.25) is 4.79 Å². The van der Waals surface area contributed by atoms with Crippen LogP contribution in [0.5, 0.6) is 0 Å². The number of aryl methyl sites for hydroxylation is 2. The first-order chi connectivity index (χ1) is 10.5. The van der Waals surface area contributed by atoms with Crippen LogP contribution in [0.15, 0.2) is 48.0 Å². The van der Waals surface area contributed by atoms with E-state index in [0.29, 0.717) is 5.02 Å². The van der Waals surface area contributed by atoms with Gasteiger partial charge in [0.15, 0.2) is 0 Å². The van der Waals surface area contributed by atoms with E-state index in [2.05, 4.69) is 5.32 Å². The van der Waals surface area contributed by atoms with Crippen molar-refractivity contribution in [3.8, 4) is 6.07 Å². The number of nitriles is 1. The molecular weight excluding hydrogens is 296 g/mol. The highest BCUT2D eigenvalue weighted by Crippen LogP contribution is 2.20. The van der Waals surface area contributed by atoms with E-state index in [1.54, 1.807) is 30.3 Å². The van der Waals surface area contributed by atoms with E-state index in [-0.39, 0.29) is 5.57 Å². The number of hydrogen-bond acceptors (Lipinski definition) is 2. The van der Waals surface area contributed by atoms with Crippen molar-refractivity contribution < 1.29 is 4.79 Å². The zero-order valence-electron chi connectivity index (χ0n) is 12.4. The molecule has 0 bridgehead atoms. The molecule has 0 heterocycles. The van der Waals surface area contributed by atoms with Gasteiger partial charge >= 0.3 is 0 Å². The van der Waals surface area contributed by atoms with Crippen molar-refractivity contribution in [3.05, 3.63) is 69.8 Å². The standard InChI is InChI=1S/C18H15ClN2O/c1-12-4-3-5-13(2)17(12)21-18(22)15(11-20)10-14-6-8-16(19)9-7-14/h3-10H,1-2H3,(H,21,22)/b15-10+. The van der Waals surface area contributed by atoms with Gasteiger partial charge in [-0.05, 0) is 48.7 Å². The number of halogens is 1. The first-order valence-electron chi connectivity index (χ1n) is 6.76.